The van der Waals surface area contributed by atoms with Crippen LogP contribution >= 0.6 is 0 Å². The lowest BCUT2D eigenvalue weighted by Crippen LogP contribution is -2.37. The highest BCUT2D eigenvalue weighted by molar-refractivity contribution is 5.52. The number of ether oxygens (including phenoxy) is 1. The molecule has 3 rings (SSSR count). The first-order valence-electron chi connectivity index (χ1n) is 7.82. The molecule has 0 bridgehead atoms. The number of hydrogen-bond donors (Lipinski definition) is 1. The SMILES string of the molecule is CCC(NC1c2ccccc2Oc2ccccc21)C(C)C. The highest BCUT2D eigenvalue weighted by atomic mass is 16.5. The van der Waals surface area contributed by atoms with Gasteiger partial charge in [0.05, 0.1) is 6.04 Å². The van der Waals surface area contributed by atoms with Crippen molar-refractivity contribution in [3.63, 3.8) is 0 Å². The van der Waals surface area contributed by atoms with Crippen LogP contribution in [0.25, 0.3) is 0 Å². The van der Waals surface area contributed by atoms with Gasteiger partial charge in [-0.25, -0.2) is 0 Å². The minimum Gasteiger partial charge on any atom is -0.457 e. The highest BCUT2D eigenvalue weighted by Crippen LogP contribution is 2.42. The largest absolute Gasteiger partial charge is 0.457 e. The Balaban J connectivity index is 2.02. The molecule has 1 unspecified atom stereocenters. The summed E-state index contributed by atoms with van der Waals surface area (Å²) in [5.41, 5.74) is 2.46. The molecular formula is C19H23NO. The normalized spacial score (nSPS) is 15.2. The Labute approximate surface area is 127 Å². The predicted octanol–water partition coefficient (Wildman–Crippen LogP) is 4.91. The molecule has 21 heavy (non-hydrogen) atoms. The maximum Gasteiger partial charge on any atom is 0.132 e. The summed E-state index contributed by atoms with van der Waals surface area (Å²) in [7, 11) is 0. The fourth-order valence-corrected chi connectivity index (χ4v) is 3.09. The van der Waals surface area contributed by atoms with E-state index in [2.05, 4.69) is 62.5 Å². The van der Waals surface area contributed by atoms with Crippen LogP contribution < -0.4 is 10.1 Å². The molecular weight excluding hydrogens is 258 g/mol. The minimum atomic E-state index is 0.207. The number of benzene rings is 2. The highest BCUT2D eigenvalue weighted by Gasteiger charge is 2.28. The summed E-state index contributed by atoms with van der Waals surface area (Å²) in [6, 6.07) is 17.4. The minimum absolute atomic E-state index is 0.207. The van der Waals surface area contributed by atoms with Gasteiger partial charge in [0.2, 0.25) is 0 Å². The van der Waals surface area contributed by atoms with E-state index in [9.17, 15) is 0 Å². The molecule has 0 aliphatic carbocycles. The van der Waals surface area contributed by atoms with Crippen molar-refractivity contribution < 1.29 is 4.74 Å². The van der Waals surface area contributed by atoms with Crippen molar-refractivity contribution in [2.75, 3.05) is 0 Å². The number of fused-ring (bicyclic) bond motifs is 2. The molecule has 1 atom stereocenters. The first kappa shape index (κ1) is 14.2. The van der Waals surface area contributed by atoms with Crippen molar-refractivity contribution >= 4 is 0 Å². The first-order chi connectivity index (χ1) is 10.2. The third-order valence-corrected chi connectivity index (χ3v) is 4.31. The monoisotopic (exact) mass is 281 g/mol. The van der Waals surface area contributed by atoms with Crippen LogP contribution in [0.1, 0.15) is 44.4 Å². The Kier molecular flexibility index (Phi) is 3.98. The molecule has 2 aromatic rings. The molecule has 2 heteroatoms. The summed E-state index contributed by atoms with van der Waals surface area (Å²) in [6.45, 7) is 6.80. The van der Waals surface area contributed by atoms with Crippen LogP contribution in [-0.4, -0.2) is 6.04 Å². The van der Waals surface area contributed by atoms with Crippen LogP contribution in [0.15, 0.2) is 48.5 Å². The zero-order chi connectivity index (χ0) is 14.8. The van der Waals surface area contributed by atoms with Crippen LogP contribution in [0.3, 0.4) is 0 Å². The second-order valence-electron chi connectivity index (χ2n) is 6.04. The van der Waals surface area contributed by atoms with Gasteiger partial charge in [-0.2, -0.15) is 0 Å². The van der Waals surface area contributed by atoms with E-state index in [1.54, 1.807) is 0 Å². The van der Waals surface area contributed by atoms with Crippen LogP contribution in [0.4, 0.5) is 0 Å². The molecule has 1 aliphatic rings. The van der Waals surface area contributed by atoms with Gasteiger partial charge in [-0.15, -0.1) is 0 Å². The van der Waals surface area contributed by atoms with Crippen molar-refractivity contribution in [2.45, 2.75) is 39.3 Å². The molecule has 2 aromatic carbocycles. The van der Waals surface area contributed by atoms with E-state index in [-0.39, 0.29) is 6.04 Å². The lowest BCUT2D eigenvalue weighted by molar-refractivity contribution is 0.345. The number of nitrogens with one attached hydrogen (secondary N) is 1. The van der Waals surface area contributed by atoms with Crippen LogP contribution in [0, 0.1) is 5.92 Å². The van der Waals surface area contributed by atoms with Crippen LogP contribution in [0.2, 0.25) is 0 Å². The quantitative estimate of drug-likeness (QED) is 0.860. The van der Waals surface area contributed by atoms with Gasteiger partial charge in [0.25, 0.3) is 0 Å². The van der Waals surface area contributed by atoms with E-state index in [0.29, 0.717) is 12.0 Å². The molecule has 0 amide bonds. The van der Waals surface area contributed by atoms with Gasteiger partial charge < -0.3 is 10.1 Å². The average Bonchev–Trinajstić information content (AvgIpc) is 2.51. The third-order valence-electron chi connectivity index (χ3n) is 4.31. The molecule has 110 valence electrons. The average molecular weight is 281 g/mol. The maximum absolute atomic E-state index is 6.04. The van der Waals surface area contributed by atoms with E-state index in [1.807, 2.05) is 12.1 Å². The standard InChI is InChI=1S/C19H23NO/c1-4-16(13(2)3)20-19-14-9-5-7-11-17(14)21-18-12-8-6-10-15(18)19/h5-13,16,19-20H,4H2,1-3H3. The van der Waals surface area contributed by atoms with Gasteiger partial charge >= 0.3 is 0 Å². The number of hydrogen-bond acceptors (Lipinski definition) is 2. The Morgan fingerprint density at radius 1 is 0.952 bits per heavy atom. The van der Waals surface area contributed by atoms with Gasteiger partial charge in [0.15, 0.2) is 0 Å². The van der Waals surface area contributed by atoms with Gasteiger partial charge in [-0.3, -0.25) is 0 Å². The van der Waals surface area contributed by atoms with Crippen molar-refractivity contribution in [1.82, 2.24) is 5.32 Å². The fourth-order valence-electron chi connectivity index (χ4n) is 3.09. The van der Waals surface area contributed by atoms with Gasteiger partial charge in [0.1, 0.15) is 11.5 Å². The van der Waals surface area contributed by atoms with Crippen molar-refractivity contribution in [1.29, 1.82) is 0 Å². The zero-order valence-corrected chi connectivity index (χ0v) is 13.0. The fraction of sp³-hybridized carbons (Fsp3) is 0.368. The first-order valence-corrected chi connectivity index (χ1v) is 7.82. The molecule has 1 aliphatic heterocycles. The van der Waals surface area contributed by atoms with E-state index in [0.717, 1.165) is 17.9 Å². The smallest absolute Gasteiger partial charge is 0.132 e. The van der Waals surface area contributed by atoms with Crippen LogP contribution in [0.5, 0.6) is 11.5 Å². The second-order valence-corrected chi connectivity index (χ2v) is 6.04. The molecule has 0 spiro atoms. The summed E-state index contributed by atoms with van der Waals surface area (Å²) in [5.74, 6) is 2.54. The summed E-state index contributed by atoms with van der Waals surface area (Å²) < 4.78 is 6.04. The summed E-state index contributed by atoms with van der Waals surface area (Å²) in [4.78, 5) is 0. The van der Waals surface area contributed by atoms with E-state index in [4.69, 9.17) is 4.74 Å². The van der Waals surface area contributed by atoms with E-state index < -0.39 is 0 Å². The zero-order valence-electron chi connectivity index (χ0n) is 13.0. The Hall–Kier alpha value is -1.80. The number of para-hydroxylation sites is 2. The van der Waals surface area contributed by atoms with Crippen LogP contribution in [-0.2, 0) is 0 Å². The molecule has 0 saturated heterocycles. The molecule has 1 heterocycles. The van der Waals surface area contributed by atoms with Crippen molar-refractivity contribution in [3.05, 3.63) is 59.7 Å². The second kappa shape index (κ2) is 5.90. The van der Waals surface area contributed by atoms with E-state index >= 15 is 0 Å². The lowest BCUT2D eigenvalue weighted by Gasteiger charge is -2.33. The Bertz CT molecular complexity index is 575. The third kappa shape index (κ3) is 2.68. The summed E-state index contributed by atoms with van der Waals surface area (Å²) in [5, 5.41) is 3.84. The van der Waals surface area contributed by atoms with Gasteiger partial charge in [0, 0.05) is 17.2 Å². The van der Waals surface area contributed by atoms with Gasteiger partial charge in [-0.05, 0) is 24.5 Å². The molecule has 2 nitrogen and oxygen atoms in total. The van der Waals surface area contributed by atoms with Gasteiger partial charge in [-0.1, -0.05) is 57.2 Å². The topological polar surface area (TPSA) is 21.3 Å². The molecule has 0 fully saturated rings. The summed E-state index contributed by atoms with van der Waals surface area (Å²) in [6.07, 6.45) is 1.12. The molecule has 1 N–H and O–H groups in total. The molecule has 0 radical (unpaired) electrons. The molecule has 0 saturated carbocycles. The maximum atomic E-state index is 6.04. The molecule has 0 aromatic heterocycles. The van der Waals surface area contributed by atoms with Crippen molar-refractivity contribution in [2.24, 2.45) is 5.92 Å². The Morgan fingerprint density at radius 2 is 1.48 bits per heavy atom. The lowest BCUT2D eigenvalue weighted by atomic mass is 9.91. The summed E-state index contributed by atoms with van der Waals surface area (Å²) >= 11 is 0. The predicted molar refractivity (Wildman–Crippen MR) is 86.9 cm³/mol. The Morgan fingerprint density at radius 3 is 1.95 bits per heavy atom. The number of rotatable bonds is 4. The van der Waals surface area contributed by atoms with Crippen molar-refractivity contribution in [3.8, 4) is 11.5 Å². The van der Waals surface area contributed by atoms with E-state index in [1.165, 1.54) is 11.1 Å².